The van der Waals surface area contributed by atoms with Crippen LogP contribution in [0.25, 0.3) is 22.4 Å². The van der Waals surface area contributed by atoms with Gasteiger partial charge in [-0.25, -0.2) is 9.18 Å². The Bertz CT molecular complexity index is 1230. The number of nitrogens with zero attached hydrogens (tertiary/aromatic N) is 1. The van der Waals surface area contributed by atoms with Crippen molar-refractivity contribution in [2.24, 2.45) is 0 Å². The van der Waals surface area contributed by atoms with Crippen LogP contribution in [0.5, 0.6) is 5.75 Å². The molecule has 1 N–H and O–H groups in total. The number of benzene rings is 1. The van der Waals surface area contributed by atoms with Crippen molar-refractivity contribution in [1.29, 1.82) is 0 Å². The molecule has 2 aliphatic rings. The van der Waals surface area contributed by atoms with Crippen LogP contribution < -0.4 is 16.0 Å². The molecule has 0 saturated heterocycles. The van der Waals surface area contributed by atoms with Crippen molar-refractivity contribution < 1.29 is 20.7 Å². The fourth-order valence-electron chi connectivity index (χ4n) is 1.91. The van der Waals surface area contributed by atoms with Crippen LogP contribution in [0.15, 0.2) is 32.2 Å². The van der Waals surface area contributed by atoms with Gasteiger partial charge in [0.1, 0.15) is 17.3 Å². The van der Waals surface area contributed by atoms with E-state index in [1.165, 1.54) is 12.1 Å². The number of aromatic nitrogens is 2. The summed E-state index contributed by atoms with van der Waals surface area (Å²) in [6.45, 7) is 0. The molecule has 0 fully saturated rings. The molecule has 6 nitrogen and oxygen atoms in total. The predicted octanol–water partition coefficient (Wildman–Crippen LogP) is 2.33. The van der Waals surface area contributed by atoms with E-state index in [9.17, 15) is 14.0 Å². The lowest BCUT2D eigenvalue weighted by atomic mass is 10.1. The maximum absolute atomic E-state index is 14.0. The summed E-state index contributed by atoms with van der Waals surface area (Å²) in [7, 11) is 0. The summed E-state index contributed by atoms with van der Waals surface area (Å²) >= 11 is 0. The number of rotatable bonds is 1. The van der Waals surface area contributed by atoms with Crippen LogP contribution in [0.2, 0.25) is 0 Å². The maximum Gasteiger partial charge on any atom is 0.351 e. The zero-order chi connectivity index (χ0) is 17.1. The van der Waals surface area contributed by atoms with E-state index in [-0.39, 0.29) is 29.9 Å². The van der Waals surface area contributed by atoms with Gasteiger partial charge in [-0.05, 0) is 24.0 Å². The van der Waals surface area contributed by atoms with Gasteiger partial charge in [0.15, 0.2) is 11.6 Å². The van der Waals surface area contributed by atoms with Crippen LogP contribution in [0.1, 0.15) is 7.13 Å². The average Bonchev–Trinajstić information content (AvgIpc) is 2.54. The van der Waals surface area contributed by atoms with Crippen molar-refractivity contribution >= 4 is 11.0 Å². The summed E-state index contributed by atoms with van der Waals surface area (Å²) in [6.07, 6.45) is 7.09. The Kier molecular flexibility index (Phi) is 3.72. The summed E-state index contributed by atoms with van der Waals surface area (Å²) in [6, 6.07) is 3.68. The molecule has 3 rings (SSSR count). The molecule has 124 valence electrons. The minimum Gasteiger partial charge on any atom is -0.437 e. The number of fused-ring (bicyclic) bond motifs is 2. The number of ether oxygens (including phenoxy) is 1. The largest absolute Gasteiger partial charge is 0.437 e. The van der Waals surface area contributed by atoms with Gasteiger partial charge in [0, 0.05) is 30.4 Å². The van der Waals surface area contributed by atoms with Crippen molar-refractivity contribution in [3.05, 3.63) is 44.9 Å². The van der Waals surface area contributed by atoms with Gasteiger partial charge in [-0.3, -0.25) is 9.78 Å². The van der Waals surface area contributed by atoms with Gasteiger partial charge in [0.05, 0.1) is 0 Å². The van der Waals surface area contributed by atoms with Gasteiger partial charge in [-0.2, -0.15) is 4.98 Å². The molecule has 0 aliphatic carbocycles. The molecule has 2 aliphatic heterocycles. The normalized spacial score (nSPS) is 9.50. The van der Waals surface area contributed by atoms with Crippen molar-refractivity contribution in [3.63, 3.8) is 0 Å². The van der Waals surface area contributed by atoms with Gasteiger partial charge in [-0.15, -0.1) is 6.42 Å². The second-order valence-electron chi connectivity index (χ2n) is 4.38. The maximum atomic E-state index is 14.0. The number of halogens is 1. The van der Waals surface area contributed by atoms with E-state index in [2.05, 4.69) is 34.8 Å². The van der Waals surface area contributed by atoms with E-state index >= 15 is 0 Å². The summed E-state index contributed by atoms with van der Waals surface area (Å²) < 4.78 is 24.3. The van der Waals surface area contributed by atoms with Gasteiger partial charge < -0.3 is 9.15 Å². The monoisotopic (exact) mass is 330 g/mol. The van der Waals surface area contributed by atoms with Gasteiger partial charge in [-0.1, -0.05) is 0 Å². The Hall–Kier alpha value is -4.02. The molecule has 0 unspecified atom stereocenters. The topological polar surface area (TPSA) is 85.2 Å². The summed E-state index contributed by atoms with van der Waals surface area (Å²) in [5.41, 5.74) is -1.33. The lowest BCUT2D eigenvalue weighted by Gasteiger charge is -2.06. The molecule has 0 aromatic heterocycles. The first kappa shape index (κ1) is 14.9. The molecule has 1 aromatic carbocycles. The summed E-state index contributed by atoms with van der Waals surface area (Å²) in [5, 5.41) is 0.290. The standard InChI is InChI=1S/C17H5FN2O4.5H2/c1-2-3-4-5-6-23-14-9-13-10(8-12(14)18)7-11-15(21)19-17(22)20-16(11)24-13;;;;;/h1,7-9H,(H,19,21,22);5*1H. The van der Waals surface area contributed by atoms with Crippen molar-refractivity contribution in [3.8, 4) is 53.4 Å². The van der Waals surface area contributed by atoms with E-state index in [1.807, 2.05) is 4.98 Å². The molecule has 0 atom stereocenters. The Morgan fingerprint density at radius 2 is 2.08 bits per heavy atom. The first-order valence-electron chi connectivity index (χ1n) is 6.38. The molecule has 7 heteroatoms. The van der Waals surface area contributed by atoms with Crippen LogP contribution in [0.4, 0.5) is 4.39 Å². The molecule has 0 amide bonds. The number of H-pyrrole nitrogens is 1. The lowest BCUT2D eigenvalue weighted by Crippen LogP contribution is -2.24. The van der Waals surface area contributed by atoms with Crippen LogP contribution in [-0.2, 0) is 0 Å². The van der Waals surface area contributed by atoms with E-state index in [0.29, 0.717) is 5.39 Å². The van der Waals surface area contributed by atoms with E-state index in [1.54, 1.807) is 0 Å². The number of aromatic amines is 1. The second kappa shape index (κ2) is 6.00. The molecule has 0 spiro atoms. The number of nitrogens with one attached hydrogen (secondary N) is 1. The Morgan fingerprint density at radius 3 is 2.88 bits per heavy atom. The van der Waals surface area contributed by atoms with E-state index < -0.39 is 17.1 Å². The summed E-state index contributed by atoms with van der Waals surface area (Å²) in [5.74, 6) is 7.79. The molecule has 0 bridgehead atoms. The Labute approximate surface area is 141 Å². The number of hydrogen-bond donors (Lipinski definition) is 1. The van der Waals surface area contributed by atoms with Gasteiger partial charge in [0.2, 0.25) is 5.89 Å². The van der Waals surface area contributed by atoms with Crippen molar-refractivity contribution in [2.45, 2.75) is 0 Å². The molecule has 0 saturated carbocycles. The minimum absolute atomic E-state index is 0. The summed E-state index contributed by atoms with van der Waals surface area (Å²) in [4.78, 5) is 28.5. The fraction of sp³-hybridized carbons (Fsp3) is 0. The van der Waals surface area contributed by atoms with Gasteiger partial charge >= 0.3 is 5.69 Å². The highest BCUT2D eigenvalue weighted by Gasteiger charge is 2.16. The molecule has 2 heterocycles. The van der Waals surface area contributed by atoms with Crippen molar-refractivity contribution in [1.82, 2.24) is 9.97 Å². The molecular formula is C17H15FN2O4. The predicted molar refractivity (Wildman–Crippen MR) is 93.1 cm³/mol. The fourth-order valence-corrected chi connectivity index (χ4v) is 1.91. The van der Waals surface area contributed by atoms with E-state index in [4.69, 9.17) is 15.6 Å². The zero-order valence-corrected chi connectivity index (χ0v) is 11.8. The highest BCUT2D eigenvalue weighted by atomic mass is 19.1. The smallest absolute Gasteiger partial charge is 0.351 e. The van der Waals surface area contributed by atoms with E-state index in [0.717, 1.165) is 6.07 Å². The SMILES string of the molecule is C#CC#CC#COc1cc2oc3nc(=O)[nH]c(=O)c-3cc2cc1F.[HH].[HH].[HH].[HH].[HH]. The number of hydrogen-bond acceptors (Lipinski definition) is 5. The minimum atomic E-state index is -0.841. The third kappa shape index (κ3) is 2.81. The second-order valence-corrected chi connectivity index (χ2v) is 4.38. The first-order chi connectivity index (χ1) is 11.6. The number of terminal acetylenes is 1. The molecule has 1 aromatic rings. The van der Waals surface area contributed by atoms with Crippen LogP contribution >= 0.6 is 0 Å². The lowest BCUT2D eigenvalue weighted by molar-refractivity contribution is 0.468. The molecular weight excluding hydrogens is 315 g/mol. The molecule has 24 heavy (non-hydrogen) atoms. The third-order valence-electron chi connectivity index (χ3n) is 2.88. The molecule has 0 radical (unpaired) electrons. The highest BCUT2D eigenvalue weighted by Crippen LogP contribution is 2.28. The third-order valence-corrected chi connectivity index (χ3v) is 2.88. The quantitative estimate of drug-likeness (QED) is 0.547. The van der Waals surface area contributed by atoms with Crippen LogP contribution in [-0.4, -0.2) is 9.97 Å². The van der Waals surface area contributed by atoms with Crippen LogP contribution in [0.3, 0.4) is 0 Å². The zero-order valence-electron chi connectivity index (χ0n) is 11.8. The Morgan fingerprint density at radius 1 is 1.25 bits per heavy atom. The average molecular weight is 330 g/mol. The van der Waals surface area contributed by atoms with Gasteiger partial charge in [0.25, 0.3) is 5.56 Å². The highest BCUT2D eigenvalue weighted by molar-refractivity contribution is 5.83. The van der Waals surface area contributed by atoms with Crippen molar-refractivity contribution in [2.75, 3.05) is 0 Å². The van der Waals surface area contributed by atoms with Crippen LogP contribution in [0, 0.1) is 42.0 Å². The first-order valence-corrected chi connectivity index (χ1v) is 6.38. The Balaban J connectivity index is -0.00000135.